The summed E-state index contributed by atoms with van der Waals surface area (Å²) in [5, 5.41) is 8.23. The molecule has 37 heavy (non-hydrogen) atoms. The van der Waals surface area contributed by atoms with Gasteiger partial charge in [0.05, 0.1) is 0 Å². The van der Waals surface area contributed by atoms with Crippen LogP contribution in [-0.4, -0.2) is 42.1 Å². The first-order chi connectivity index (χ1) is 18.0. The van der Waals surface area contributed by atoms with Crippen molar-refractivity contribution in [3.05, 3.63) is 82.9 Å². The number of nitrogens with two attached hydrogens (primary N) is 1. The predicted molar refractivity (Wildman–Crippen MR) is 144 cm³/mol. The minimum absolute atomic E-state index is 0.0638. The van der Waals surface area contributed by atoms with Crippen LogP contribution in [-0.2, 0) is 22.7 Å². The van der Waals surface area contributed by atoms with E-state index in [0.29, 0.717) is 38.0 Å². The zero-order valence-corrected chi connectivity index (χ0v) is 21.2. The summed E-state index contributed by atoms with van der Waals surface area (Å²) in [7, 11) is 0. The first kappa shape index (κ1) is 25.1. The molecular formula is C30H34N4O3. The van der Waals surface area contributed by atoms with Crippen LogP contribution in [0.4, 0.5) is 0 Å². The molecule has 7 heteroatoms. The number of hydrogen-bond acceptors (Lipinski definition) is 5. The number of piperidine rings is 1. The molecule has 2 aliphatic heterocycles. The lowest BCUT2D eigenvalue weighted by molar-refractivity contribution is -0.144. The number of amides is 2. The summed E-state index contributed by atoms with van der Waals surface area (Å²) < 4.78 is 0. The topological polar surface area (TPSA) is 105 Å². The summed E-state index contributed by atoms with van der Waals surface area (Å²) in [6, 6.07) is 18.7. The van der Waals surface area contributed by atoms with E-state index < -0.39 is 12.0 Å². The van der Waals surface area contributed by atoms with Gasteiger partial charge in [-0.2, -0.15) is 0 Å². The molecule has 0 saturated carbocycles. The van der Waals surface area contributed by atoms with Gasteiger partial charge in [0.25, 0.3) is 5.91 Å². The zero-order valence-electron chi connectivity index (χ0n) is 21.2. The zero-order chi connectivity index (χ0) is 25.9. The molecule has 0 radical (unpaired) electrons. The van der Waals surface area contributed by atoms with Crippen molar-refractivity contribution in [1.82, 2.24) is 15.5 Å². The van der Waals surface area contributed by atoms with Gasteiger partial charge in [0.1, 0.15) is 11.7 Å². The van der Waals surface area contributed by atoms with Crippen LogP contribution in [0.1, 0.15) is 52.9 Å². The van der Waals surface area contributed by atoms with Crippen LogP contribution in [0.5, 0.6) is 0 Å². The van der Waals surface area contributed by atoms with Crippen LogP contribution >= 0.6 is 0 Å². The van der Waals surface area contributed by atoms with Gasteiger partial charge in [-0.05, 0) is 78.5 Å². The minimum Gasteiger partial charge on any atom is -0.352 e. The second kappa shape index (κ2) is 10.8. The molecule has 0 aliphatic carbocycles. The molecule has 7 nitrogen and oxygen atoms in total. The van der Waals surface area contributed by atoms with Gasteiger partial charge in [-0.3, -0.25) is 14.4 Å². The molecule has 0 spiro atoms. The van der Waals surface area contributed by atoms with Crippen LogP contribution in [0.15, 0.2) is 60.7 Å². The lowest BCUT2D eigenvalue weighted by atomic mass is 9.80. The number of carbonyl (C=O) groups is 3. The van der Waals surface area contributed by atoms with Crippen LogP contribution in [0.25, 0.3) is 10.8 Å². The Morgan fingerprint density at radius 1 is 0.973 bits per heavy atom. The summed E-state index contributed by atoms with van der Waals surface area (Å²) in [6.07, 6.45) is 1.42. The van der Waals surface area contributed by atoms with Crippen molar-refractivity contribution >= 4 is 28.4 Å². The Labute approximate surface area is 217 Å². The van der Waals surface area contributed by atoms with E-state index in [1.54, 1.807) is 11.0 Å². The maximum atomic E-state index is 14.0. The molecule has 1 unspecified atom stereocenters. The van der Waals surface area contributed by atoms with E-state index in [2.05, 4.69) is 10.6 Å². The fourth-order valence-electron chi connectivity index (χ4n) is 5.57. The van der Waals surface area contributed by atoms with Crippen LogP contribution in [0, 0.1) is 11.8 Å². The molecule has 2 heterocycles. The summed E-state index contributed by atoms with van der Waals surface area (Å²) in [4.78, 5) is 41.9. The van der Waals surface area contributed by atoms with Crippen molar-refractivity contribution in [2.45, 2.75) is 38.9 Å². The molecule has 3 aromatic rings. The maximum Gasteiger partial charge on any atom is 0.251 e. The van der Waals surface area contributed by atoms with Crippen molar-refractivity contribution in [3.63, 3.8) is 0 Å². The number of carbonyl (C=O) groups excluding carboxylic acids is 3. The number of rotatable bonds is 7. The van der Waals surface area contributed by atoms with Gasteiger partial charge in [0.2, 0.25) is 5.91 Å². The van der Waals surface area contributed by atoms with E-state index in [-0.39, 0.29) is 23.5 Å². The highest BCUT2D eigenvalue weighted by molar-refractivity contribution is 6.03. The summed E-state index contributed by atoms with van der Waals surface area (Å²) in [6.45, 7) is 4.73. The molecule has 5 rings (SSSR count). The molecule has 1 fully saturated rings. The SMILES string of the molecule is CCNC(=O)c1ccc2c(c1)CN(C(=O)[C@@H](C(=O)C1CCNCC1)C(N)c1ccc3ccccc3c1)C2. The molecule has 2 aliphatic rings. The van der Waals surface area contributed by atoms with Gasteiger partial charge in [0, 0.05) is 37.2 Å². The Balaban J connectivity index is 1.43. The normalized spacial score (nSPS) is 17.3. The van der Waals surface area contributed by atoms with Crippen LogP contribution < -0.4 is 16.4 Å². The Kier molecular flexibility index (Phi) is 7.35. The van der Waals surface area contributed by atoms with Crippen molar-refractivity contribution in [1.29, 1.82) is 0 Å². The molecule has 2 atom stereocenters. The minimum atomic E-state index is -0.957. The smallest absolute Gasteiger partial charge is 0.251 e. The maximum absolute atomic E-state index is 14.0. The monoisotopic (exact) mass is 498 g/mol. The van der Waals surface area contributed by atoms with Gasteiger partial charge in [-0.25, -0.2) is 0 Å². The molecule has 1 saturated heterocycles. The number of fused-ring (bicyclic) bond motifs is 2. The van der Waals surface area contributed by atoms with Gasteiger partial charge < -0.3 is 21.3 Å². The second-order valence-electron chi connectivity index (χ2n) is 10.1. The third-order valence-corrected chi connectivity index (χ3v) is 7.67. The fraction of sp³-hybridized carbons (Fsp3) is 0.367. The standard InChI is InChI=1S/C30H34N4O3/c1-2-33-29(36)23-9-10-24-17-34(18-25(24)16-23)30(37)26(28(35)20-11-13-32-14-12-20)27(31)22-8-7-19-5-3-4-6-21(19)15-22/h3-10,15-16,20,26-27,32H,2,11-14,17-18,31H2,1H3,(H,33,36)/t26-,27?/m1/s1. The molecular weight excluding hydrogens is 464 g/mol. The van der Waals surface area contributed by atoms with E-state index in [4.69, 9.17) is 5.73 Å². The first-order valence-electron chi connectivity index (χ1n) is 13.1. The van der Waals surface area contributed by atoms with E-state index in [1.807, 2.05) is 61.5 Å². The van der Waals surface area contributed by atoms with Gasteiger partial charge >= 0.3 is 0 Å². The number of Topliss-reactive ketones (excluding diaryl/α,β-unsaturated/α-hetero) is 1. The van der Waals surface area contributed by atoms with Crippen LogP contribution in [0.3, 0.4) is 0 Å². The van der Waals surface area contributed by atoms with E-state index in [0.717, 1.165) is 40.6 Å². The van der Waals surface area contributed by atoms with Gasteiger partial charge in [-0.1, -0.05) is 42.5 Å². The highest BCUT2D eigenvalue weighted by atomic mass is 16.2. The van der Waals surface area contributed by atoms with Crippen molar-refractivity contribution in [2.75, 3.05) is 19.6 Å². The third-order valence-electron chi connectivity index (χ3n) is 7.67. The van der Waals surface area contributed by atoms with E-state index in [1.165, 1.54) is 0 Å². The van der Waals surface area contributed by atoms with Crippen molar-refractivity contribution in [3.8, 4) is 0 Å². The summed E-state index contributed by atoms with van der Waals surface area (Å²) >= 11 is 0. The van der Waals surface area contributed by atoms with Gasteiger partial charge in [0.15, 0.2) is 0 Å². The Bertz CT molecular complexity index is 1330. The molecule has 4 N–H and O–H groups in total. The fourth-order valence-corrected chi connectivity index (χ4v) is 5.57. The number of nitrogens with zero attached hydrogens (tertiary/aromatic N) is 1. The number of nitrogens with one attached hydrogen (secondary N) is 2. The summed E-state index contributed by atoms with van der Waals surface area (Å²) in [5.74, 6) is -1.57. The Morgan fingerprint density at radius 2 is 1.70 bits per heavy atom. The van der Waals surface area contributed by atoms with E-state index >= 15 is 0 Å². The molecule has 2 amide bonds. The quantitative estimate of drug-likeness (QED) is 0.434. The van der Waals surface area contributed by atoms with E-state index in [9.17, 15) is 14.4 Å². The number of hydrogen-bond donors (Lipinski definition) is 3. The highest BCUT2D eigenvalue weighted by Crippen LogP contribution is 2.33. The predicted octanol–water partition coefficient (Wildman–Crippen LogP) is 3.32. The first-order valence-corrected chi connectivity index (χ1v) is 13.1. The molecule has 3 aromatic carbocycles. The third kappa shape index (κ3) is 5.15. The molecule has 0 bridgehead atoms. The average Bonchev–Trinajstić information content (AvgIpc) is 3.37. The van der Waals surface area contributed by atoms with Crippen molar-refractivity contribution < 1.29 is 14.4 Å². The highest BCUT2D eigenvalue weighted by Gasteiger charge is 2.41. The number of ketones is 1. The summed E-state index contributed by atoms with van der Waals surface area (Å²) in [5.41, 5.74) is 10.1. The van der Waals surface area contributed by atoms with Crippen LogP contribution in [0.2, 0.25) is 0 Å². The molecule has 192 valence electrons. The Morgan fingerprint density at radius 3 is 2.46 bits per heavy atom. The second-order valence-corrected chi connectivity index (χ2v) is 10.1. The largest absolute Gasteiger partial charge is 0.352 e. The Hall–Kier alpha value is -3.55. The lowest BCUT2D eigenvalue weighted by Gasteiger charge is -2.31. The average molecular weight is 499 g/mol. The number of benzene rings is 3. The van der Waals surface area contributed by atoms with Gasteiger partial charge in [-0.15, -0.1) is 0 Å². The van der Waals surface area contributed by atoms with Crippen molar-refractivity contribution in [2.24, 2.45) is 17.6 Å². The molecule has 0 aromatic heterocycles. The lowest BCUT2D eigenvalue weighted by Crippen LogP contribution is -2.46.